The summed E-state index contributed by atoms with van der Waals surface area (Å²) in [6.07, 6.45) is 0. The Morgan fingerprint density at radius 2 is 1.79 bits per heavy atom. The van der Waals surface area contributed by atoms with Gasteiger partial charge in [0.2, 0.25) is 0 Å². The van der Waals surface area contributed by atoms with Gasteiger partial charge in [0, 0.05) is 10.7 Å². The third-order valence-electron chi connectivity index (χ3n) is 2.73. The Labute approximate surface area is 117 Å². The molecule has 4 heteroatoms. The van der Waals surface area contributed by atoms with E-state index in [1.54, 1.807) is 31.2 Å². The minimum Gasteiger partial charge on any atom is -0.462 e. The van der Waals surface area contributed by atoms with Crippen molar-refractivity contribution in [3.05, 3.63) is 53.1 Å². The van der Waals surface area contributed by atoms with Crippen molar-refractivity contribution >= 4 is 23.3 Å². The second-order valence-corrected chi connectivity index (χ2v) is 4.47. The number of esters is 1. The van der Waals surface area contributed by atoms with Crippen LogP contribution in [0.25, 0.3) is 11.1 Å². The highest BCUT2D eigenvalue weighted by Crippen LogP contribution is 2.25. The van der Waals surface area contributed by atoms with Gasteiger partial charge in [0.15, 0.2) is 0 Å². The van der Waals surface area contributed by atoms with E-state index in [1.165, 1.54) is 0 Å². The molecule has 0 heterocycles. The summed E-state index contributed by atoms with van der Waals surface area (Å²) >= 11 is 5.85. The monoisotopic (exact) mass is 275 g/mol. The molecule has 98 valence electrons. The van der Waals surface area contributed by atoms with Gasteiger partial charge in [0.05, 0.1) is 12.2 Å². The molecule has 0 saturated heterocycles. The summed E-state index contributed by atoms with van der Waals surface area (Å²) in [5.74, 6) is -0.407. The predicted octanol–water partition coefficient (Wildman–Crippen LogP) is 3.77. The normalized spacial score (nSPS) is 10.2. The molecule has 0 amide bonds. The number of hydrogen-bond donors (Lipinski definition) is 1. The van der Waals surface area contributed by atoms with Gasteiger partial charge < -0.3 is 10.5 Å². The van der Waals surface area contributed by atoms with Crippen molar-refractivity contribution in [3.63, 3.8) is 0 Å². The fourth-order valence-electron chi connectivity index (χ4n) is 1.76. The highest BCUT2D eigenvalue weighted by atomic mass is 35.5. The number of nitrogen functional groups attached to an aromatic ring is 1. The highest BCUT2D eigenvalue weighted by Gasteiger charge is 2.12. The summed E-state index contributed by atoms with van der Waals surface area (Å²) < 4.78 is 4.98. The van der Waals surface area contributed by atoms with E-state index in [1.807, 2.05) is 18.2 Å². The maximum atomic E-state index is 11.8. The van der Waals surface area contributed by atoms with Crippen LogP contribution in [0.4, 0.5) is 5.69 Å². The Bertz CT molecular complexity index is 594. The van der Waals surface area contributed by atoms with E-state index in [2.05, 4.69) is 0 Å². The smallest absolute Gasteiger partial charge is 0.340 e. The third kappa shape index (κ3) is 3.06. The lowest BCUT2D eigenvalue weighted by atomic mass is 10.0. The van der Waals surface area contributed by atoms with Crippen LogP contribution in [0.1, 0.15) is 17.3 Å². The second-order valence-electron chi connectivity index (χ2n) is 4.03. The van der Waals surface area contributed by atoms with Crippen LogP contribution in [0.15, 0.2) is 42.5 Å². The molecule has 0 radical (unpaired) electrons. The molecule has 0 atom stereocenters. The molecule has 0 aliphatic carbocycles. The zero-order valence-corrected chi connectivity index (χ0v) is 11.3. The number of ether oxygens (including phenoxy) is 1. The van der Waals surface area contributed by atoms with E-state index in [0.29, 0.717) is 22.9 Å². The Hall–Kier alpha value is -2.00. The Morgan fingerprint density at radius 1 is 1.16 bits per heavy atom. The fraction of sp³-hybridized carbons (Fsp3) is 0.133. The van der Waals surface area contributed by atoms with Crippen LogP contribution >= 0.6 is 11.6 Å². The van der Waals surface area contributed by atoms with Gasteiger partial charge >= 0.3 is 5.97 Å². The molecule has 2 N–H and O–H groups in total. The lowest BCUT2D eigenvalue weighted by Gasteiger charge is -2.08. The number of anilines is 1. The van der Waals surface area contributed by atoms with E-state index in [9.17, 15) is 4.79 Å². The van der Waals surface area contributed by atoms with Crippen molar-refractivity contribution in [2.24, 2.45) is 0 Å². The number of rotatable bonds is 3. The number of carbonyl (C=O) groups is 1. The molecule has 19 heavy (non-hydrogen) atoms. The SMILES string of the molecule is CCOC(=O)c1cc(-c2ccc(Cl)cc2)ccc1N. The Balaban J connectivity index is 2.40. The molecule has 3 nitrogen and oxygen atoms in total. The highest BCUT2D eigenvalue weighted by molar-refractivity contribution is 6.30. The minimum absolute atomic E-state index is 0.323. The number of nitrogens with two attached hydrogens (primary N) is 1. The van der Waals surface area contributed by atoms with Gasteiger partial charge in [-0.3, -0.25) is 0 Å². The van der Waals surface area contributed by atoms with Crippen molar-refractivity contribution < 1.29 is 9.53 Å². The Kier molecular flexibility index (Phi) is 4.07. The number of hydrogen-bond acceptors (Lipinski definition) is 3. The fourth-order valence-corrected chi connectivity index (χ4v) is 1.89. The largest absolute Gasteiger partial charge is 0.462 e. The average molecular weight is 276 g/mol. The van der Waals surface area contributed by atoms with Crippen molar-refractivity contribution in [1.82, 2.24) is 0 Å². The standard InChI is InChI=1S/C15H14ClNO2/c1-2-19-15(18)13-9-11(5-8-14(13)17)10-3-6-12(16)7-4-10/h3-9H,2,17H2,1H3. The van der Waals surface area contributed by atoms with Crippen molar-refractivity contribution in [2.45, 2.75) is 6.92 Å². The van der Waals surface area contributed by atoms with Gasteiger partial charge in [-0.15, -0.1) is 0 Å². The molecule has 2 rings (SSSR count). The van der Waals surface area contributed by atoms with Crippen LogP contribution < -0.4 is 5.73 Å². The lowest BCUT2D eigenvalue weighted by molar-refractivity contribution is 0.0527. The molecular weight excluding hydrogens is 262 g/mol. The van der Waals surface area contributed by atoms with Crippen molar-refractivity contribution in [2.75, 3.05) is 12.3 Å². The molecule has 0 unspecified atom stereocenters. The van der Waals surface area contributed by atoms with Crippen LogP contribution in [0.5, 0.6) is 0 Å². The van der Waals surface area contributed by atoms with E-state index in [0.717, 1.165) is 11.1 Å². The van der Waals surface area contributed by atoms with Gasteiger partial charge in [-0.2, -0.15) is 0 Å². The van der Waals surface area contributed by atoms with Crippen LogP contribution in [0, 0.1) is 0 Å². The van der Waals surface area contributed by atoms with Gasteiger partial charge in [0.1, 0.15) is 0 Å². The summed E-state index contributed by atoms with van der Waals surface area (Å²) in [7, 11) is 0. The van der Waals surface area contributed by atoms with Crippen LogP contribution in [-0.4, -0.2) is 12.6 Å². The summed E-state index contributed by atoms with van der Waals surface area (Å²) in [4.78, 5) is 11.8. The van der Waals surface area contributed by atoms with Crippen LogP contribution in [0.3, 0.4) is 0 Å². The lowest BCUT2D eigenvalue weighted by Crippen LogP contribution is -2.08. The summed E-state index contributed by atoms with van der Waals surface area (Å²) in [5.41, 5.74) is 8.46. The van der Waals surface area contributed by atoms with Crippen molar-refractivity contribution in [3.8, 4) is 11.1 Å². The molecule has 0 spiro atoms. The zero-order valence-electron chi connectivity index (χ0n) is 10.5. The molecule has 0 bridgehead atoms. The number of benzene rings is 2. The quantitative estimate of drug-likeness (QED) is 0.685. The van der Waals surface area contributed by atoms with Gasteiger partial charge in [-0.25, -0.2) is 4.79 Å². The maximum absolute atomic E-state index is 11.8. The van der Waals surface area contributed by atoms with E-state index >= 15 is 0 Å². The first-order valence-electron chi connectivity index (χ1n) is 5.94. The van der Waals surface area contributed by atoms with Crippen LogP contribution in [-0.2, 0) is 4.74 Å². The van der Waals surface area contributed by atoms with E-state index < -0.39 is 5.97 Å². The molecule has 0 aromatic heterocycles. The zero-order chi connectivity index (χ0) is 13.8. The molecule has 2 aromatic rings. The number of carbonyl (C=O) groups excluding carboxylic acids is 1. The van der Waals surface area contributed by atoms with E-state index in [-0.39, 0.29) is 0 Å². The predicted molar refractivity (Wildman–Crippen MR) is 77.3 cm³/mol. The molecular formula is C15H14ClNO2. The van der Waals surface area contributed by atoms with Gasteiger partial charge in [0.25, 0.3) is 0 Å². The first kappa shape index (κ1) is 13.4. The molecule has 0 aliphatic heterocycles. The van der Waals surface area contributed by atoms with E-state index in [4.69, 9.17) is 22.1 Å². The van der Waals surface area contributed by atoms with Crippen LogP contribution in [0.2, 0.25) is 5.02 Å². The second kappa shape index (κ2) is 5.76. The maximum Gasteiger partial charge on any atom is 0.340 e. The first-order chi connectivity index (χ1) is 9.11. The first-order valence-corrected chi connectivity index (χ1v) is 6.32. The van der Waals surface area contributed by atoms with Crippen molar-refractivity contribution in [1.29, 1.82) is 0 Å². The van der Waals surface area contributed by atoms with Gasteiger partial charge in [-0.05, 0) is 42.3 Å². The average Bonchev–Trinajstić information content (AvgIpc) is 2.40. The molecule has 0 fully saturated rings. The summed E-state index contributed by atoms with van der Waals surface area (Å²) in [6.45, 7) is 2.08. The summed E-state index contributed by atoms with van der Waals surface area (Å²) in [6, 6.07) is 12.7. The topological polar surface area (TPSA) is 52.3 Å². The number of halogens is 1. The summed E-state index contributed by atoms with van der Waals surface area (Å²) in [5, 5.41) is 0.671. The minimum atomic E-state index is -0.407. The molecule has 2 aromatic carbocycles. The molecule has 0 aliphatic rings. The Morgan fingerprint density at radius 3 is 2.42 bits per heavy atom. The third-order valence-corrected chi connectivity index (χ3v) is 2.98. The van der Waals surface area contributed by atoms with Gasteiger partial charge in [-0.1, -0.05) is 29.8 Å². The molecule has 0 saturated carbocycles.